The number of aromatic nitrogens is 2. The van der Waals surface area contributed by atoms with Crippen molar-refractivity contribution in [2.75, 3.05) is 13.7 Å². The van der Waals surface area contributed by atoms with Gasteiger partial charge >= 0.3 is 5.97 Å². The third-order valence-corrected chi connectivity index (χ3v) is 5.58. The van der Waals surface area contributed by atoms with E-state index in [4.69, 9.17) is 16.3 Å². The number of pyridine rings is 1. The first-order chi connectivity index (χ1) is 13.8. The summed E-state index contributed by atoms with van der Waals surface area (Å²) in [7, 11) is 1.39. The van der Waals surface area contributed by atoms with E-state index in [-0.39, 0.29) is 5.41 Å². The molecule has 1 aliphatic heterocycles. The fourth-order valence-corrected chi connectivity index (χ4v) is 4.08. The number of benzene rings is 1. The highest BCUT2D eigenvalue weighted by molar-refractivity contribution is 6.30. The third kappa shape index (κ3) is 3.32. The zero-order valence-corrected chi connectivity index (χ0v) is 17.4. The van der Waals surface area contributed by atoms with Crippen LogP contribution in [0.4, 0.5) is 0 Å². The lowest BCUT2D eigenvalue weighted by atomic mass is 9.82. The second-order valence-electron chi connectivity index (χ2n) is 7.80. The molecule has 0 bridgehead atoms. The van der Waals surface area contributed by atoms with Crippen molar-refractivity contribution in [3.05, 3.63) is 77.3 Å². The Morgan fingerprint density at radius 3 is 2.69 bits per heavy atom. The average Bonchev–Trinajstić information content (AvgIpc) is 3.05. The van der Waals surface area contributed by atoms with Gasteiger partial charge < -0.3 is 14.6 Å². The molecular weight excluding hydrogens is 386 g/mol. The molecule has 0 unspecified atom stereocenters. The smallest absolute Gasteiger partial charge is 0.341 e. The molecule has 0 atom stereocenters. The first-order valence-corrected chi connectivity index (χ1v) is 9.68. The maximum absolute atomic E-state index is 12.7. The molecule has 5 nitrogen and oxygen atoms in total. The van der Waals surface area contributed by atoms with Crippen LogP contribution < -0.4 is 0 Å². The van der Waals surface area contributed by atoms with E-state index in [2.05, 4.69) is 30.4 Å². The van der Waals surface area contributed by atoms with Crippen LogP contribution in [0.15, 0.2) is 55.5 Å². The second-order valence-corrected chi connectivity index (χ2v) is 8.23. The monoisotopic (exact) mass is 407 g/mol. The number of halogens is 1. The minimum atomic E-state index is -0.405. The van der Waals surface area contributed by atoms with Gasteiger partial charge in [0.05, 0.1) is 18.4 Å². The van der Waals surface area contributed by atoms with E-state index in [9.17, 15) is 4.79 Å². The van der Waals surface area contributed by atoms with Gasteiger partial charge in [-0.3, -0.25) is 4.98 Å². The van der Waals surface area contributed by atoms with E-state index in [1.165, 1.54) is 7.11 Å². The van der Waals surface area contributed by atoms with Crippen molar-refractivity contribution in [2.24, 2.45) is 0 Å². The number of hydrogen-bond donors (Lipinski definition) is 1. The predicted octanol–water partition coefficient (Wildman–Crippen LogP) is 4.99. The summed E-state index contributed by atoms with van der Waals surface area (Å²) < 4.78 is 5.10. The Balaban J connectivity index is 1.90. The highest BCUT2D eigenvalue weighted by atomic mass is 35.5. The fraction of sp³-hybridized carbons (Fsp3) is 0.217. The minimum Gasteiger partial charge on any atom is -0.465 e. The van der Waals surface area contributed by atoms with Crippen LogP contribution >= 0.6 is 11.6 Å². The molecule has 0 saturated heterocycles. The number of fused-ring (bicyclic) bond motifs is 3. The van der Waals surface area contributed by atoms with Crippen molar-refractivity contribution in [3.63, 3.8) is 0 Å². The average molecular weight is 408 g/mol. The number of H-pyrrole nitrogens is 1. The van der Waals surface area contributed by atoms with Gasteiger partial charge in [-0.1, -0.05) is 44.2 Å². The number of carbonyl (C=O) groups excluding carboxylic acids is 1. The molecule has 4 rings (SSSR count). The Labute approximate surface area is 174 Å². The van der Waals surface area contributed by atoms with Gasteiger partial charge in [0.15, 0.2) is 0 Å². The van der Waals surface area contributed by atoms with Gasteiger partial charge in [-0.15, -0.1) is 0 Å². The molecule has 0 fully saturated rings. The molecule has 0 saturated carbocycles. The van der Waals surface area contributed by atoms with Crippen molar-refractivity contribution < 1.29 is 9.53 Å². The molecule has 2 aromatic heterocycles. The Morgan fingerprint density at radius 2 is 2.00 bits per heavy atom. The zero-order chi connectivity index (χ0) is 20.8. The van der Waals surface area contributed by atoms with Gasteiger partial charge in [-0.05, 0) is 29.3 Å². The van der Waals surface area contributed by atoms with Crippen LogP contribution in [-0.4, -0.2) is 34.5 Å². The lowest BCUT2D eigenvalue weighted by molar-refractivity contribution is -0.133. The summed E-state index contributed by atoms with van der Waals surface area (Å²) in [5, 5.41) is 1.67. The van der Waals surface area contributed by atoms with Gasteiger partial charge in [0, 0.05) is 52.2 Å². The van der Waals surface area contributed by atoms with E-state index in [1.807, 2.05) is 47.6 Å². The Morgan fingerprint density at radius 1 is 1.28 bits per heavy atom. The van der Waals surface area contributed by atoms with Crippen molar-refractivity contribution in [1.29, 1.82) is 0 Å². The highest BCUT2D eigenvalue weighted by Gasteiger charge is 2.36. The van der Waals surface area contributed by atoms with Gasteiger partial charge in [-0.25, -0.2) is 4.79 Å². The Hall–Kier alpha value is -3.05. The molecule has 0 spiro atoms. The van der Waals surface area contributed by atoms with Crippen LogP contribution in [0.5, 0.6) is 0 Å². The number of esters is 1. The van der Waals surface area contributed by atoms with Gasteiger partial charge in [0.25, 0.3) is 0 Å². The van der Waals surface area contributed by atoms with Crippen LogP contribution in [0, 0.1) is 0 Å². The second kappa shape index (κ2) is 7.08. The SMILES string of the molecule is C=C(c1ccc(Cl)cc1)N1C=C(C(=O)OC)c2[nH]c3ccncc3c2C(C)(C)C1. The first-order valence-electron chi connectivity index (χ1n) is 9.30. The topological polar surface area (TPSA) is 58.2 Å². The van der Waals surface area contributed by atoms with Crippen molar-refractivity contribution >= 4 is 39.7 Å². The molecule has 3 aromatic rings. The van der Waals surface area contributed by atoms with E-state index in [0.29, 0.717) is 17.1 Å². The van der Waals surface area contributed by atoms with Crippen molar-refractivity contribution in [2.45, 2.75) is 19.3 Å². The fourth-order valence-electron chi connectivity index (χ4n) is 3.96. The van der Waals surface area contributed by atoms with E-state index in [1.54, 1.807) is 6.20 Å². The summed E-state index contributed by atoms with van der Waals surface area (Å²) >= 11 is 6.03. The number of ether oxygens (including phenoxy) is 1. The Bertz CT molecular complexity index is 1140. The molecule has 29 heavy (non-hydrogen) atoms. The maximum Gasteiger partial charge on any atom is 0.341 e. The molecule has 1 aliphatic rings. The molecule has 148 valence electrons. The standard InChI is InChI=1S/C23H22ClN3O2/c1-14(15-5-7-16(24)8-6-15)27-12-18(22(28)29-4)21-20(23(2,3)13-27)17-11-25-10-9-19(17)26-21/h5-12,26H,1,13H2,2-4H3. The molecule has 3 heterocycles. The summed E-state index contributed by atoms with van der Waals surface area (Å²) in [6.07, 6.45) is 5.39. The summed E-state index contributed by atoms with van der Waals surface area (Å²) in [6.45, 7) is 9.22. The van der Waals surface area contributed by atoms with Gasteiger partial charge in [-0.2, -0.15) is 0 Å². The van der Waals surface area contributed by atoms with Crippen molar-refractivity contribution in [1.82, 2.24) is 14.9 Å². The van der Waals surface area contributed by atoms with Crippen LogP contribution in [0.3, 0.4) is 0 Å². The predicted molar refractivity (Wildman–Crippen MR) is 116 cm³/mol. The summed E-state index contributed by atoms with van der Waals surface area (Å²) in [4.78, 5) is 22.4. The molecule has 1 aromatic carbocycles. The van der Waals surface area contributed by atoms with Crippen molar-refractivity contribution in [3.8, 4) is 0 Å². The number of hydrogen-bond acceptors (Lipinski definition) is 4. The van der Waals surface area contributed by atoms with E-state index < -0.39 is 5.97 Å². The van der Waals surface area contributed by atoms with Crippen LogP contribution in [0.2, 0.25) is 5.02 Å². The number of carbonyl (C=O) groups is 1. The van der Waals surface area contributed by atoms with E-state index >= 15 is 0 Å². The summed E-state index contributed by atoms with van der Waals surface area (Å²) in [5.41, 5.74) is 4.63. The van der Waals surface area contributed by atoms with Crippen LogP contribution in [-0.2, 0) is 14.9 Å². The number of methoxy groups -OCH3 is 1. The maximum atomic E-state index is 12.7. The zero-order valence-electron chi connectivity index (χ0n) is 16.6. The molecular formula is C23H22ClN3O2. The summed E-state index contributed by atoms with van der Waals surface area (Å²) in [6, 6.07) is 9.42. The van der Waals surface area contributed by atoms with Crippen LogP contribution in [0.1, 0.15) is 30.7 Å². The number of aromatic amines is 1. The van der Waals surface area contributed by atoms with E-state index in [0.717, 1.165) is 33.4 Å². The molecule has 1 N–H and O–H groups in total. The lowest BCUT2D eigenvalue weighted by Gasteiger charge is -2.32. The van der Waals surface area contributed by atoms with Gasteiger partial charge in [0.1, 0.15) is 0 Å². The normalized spacial score (nSPS) is 15.4. The molecule has 0 radical (unpaired) electrons. The molecule has 0 amide bonds. The Kier molecular flexibility index (Phi) is 4.71. The van der Waals surface area contributed by atoms with Gasteiger partial charge in [0.2, 0.25) is 0 Å². The third-order valence-electron chi connectivity index (χ3n) is 5.33. The number of rotatable bonds is 3. The largest absolute Gasteiger partial charge is 0.465 e. The molecule has 0 aliphatic carbocycles. The summed E-state index contributed by atoms with van der Waals surface area (Å²) in [5.74, 6) is -0.405. The number of nitrogens with one attached hydrogen (secondary N) is 1. The molecule has 6 heteroatoms. The van der Waals surface area contributed by atoms with Crippen LogP contribution in [0.25, 0.3) is 22.2 Å². The minimum absolute atomic E-state index is 0.293. The quantitative estimate of drug-likeness (QED) is 0.621. The first kappa shape index (κ1) is 19.3. The highest BCUT2D eigenvalue weighted by Crippen LogP contribution is 2.41. The number of nitrogens with zero attached hydrogens (tertiary/aromatic N) is 2. The lowest BCUT2D eigenvalue weighted by Crippen LogP contribution is -2.32.